The second kappa shape index (κ2) is 8.40. The third-order valence-corrected chi connectivity index (χ3v) is 2.93. The quantitative estimate of drug-likeness (QED) is 0.393. The number of benzene rings is 1. The average Bonchev–Trinajstić information content (AvgIpc) is 2.42. The van der Waals surface area contributed by atoms with Gasteiger partial charge in [0.25, 0.3) is 0 Å². The van der Waals surface area contributed by atoms with Crippen molar-refractivity contribution in [3.63, 3.8) is 0 Å². The van der Waals surface area contributed by atoms with Crippen LogP contribution in [0.3, 0.4) is 0 Å². The van der Waals surface area contributed by atoms with Crippen LogP contribution < -0.4 is 0 Å². The number of aldehydes is 2. The van der Waals surface area contributed by atoms with E-state index in [9.17, 15) is 9.59 Å². The number of carbonyl (C=O) groups is 2. The molecule has 0 aromatic heterocycles. The Kier molecular flexibility index (Phi) is 6.70. The highest BCUT2D eigenvalue weighted by atomic mass is 16.1. The number of allylic oxidation sites excluding steroid dienone is 1. The molecule has 0 amide bonds. The Hall–Kier alpha value is -1.70. The average molecular weight is 244 g/mol. The van der Waals surface area contributed by atoms with Gasteiger partial charge in [0, 0.05) is 5.56 Å². The lowest BCUT2D eigenvalue weighted by atomic mass is 10.0. The molecule has 0 aliphatic rings. The molecule has 0 saturated heterocycles. The minimum absolute atomic E-state index is 0.630. The van der Waals surface area contributed by atoms with Crippen molar-refractivity contribution in [3.8, 4) is 0 Å². The van der Waals surface area contributed by atoms with Crippen LogP contribution >= 0.6 is 0 Å². The largest absolute Gasteiger partial charge is 0.298 e. The zero-order valence-electron chi connectivity index (χ0n) is 10.9. The summed E-state index contributed by atoms with van der Waals surface area (Å²) in [5.74, 6) is 0. The smallest absolute Gasteiger partial charge is 0.150 e. The van der Waals surface area contributed by atoms with Gasteiger partial charge in [0.05, 0.1) is 0 Å². The van der Waals surface area contributed by atoms with Crippen LogP contribution in [-0.2, 0) is 4.79 Å². The van der Waals surface area contributed by atoms with Crippen molar-refractivity contribution in [1.29, 1.82) is 0 Å². The molecule has 2 nitrogen and oxygen atoms in total. The summed E-state index contributed by atoms with van der Waals surface area (Å²) in [6.07, 6.45) is 8.90. The van der Waals surface area contributed by atoms with E-state index >= 15 is 0 Å². The van der Waals surface area contributed by atoms with E-state index in [0.717, 1.165) is 43.0 Å². The second-order valence-corrected chi connectivity index (χ2v) is 4.39. The van der Waals surface area contributed by atoms with E-state index in [1.807, 2.05) is 24.3 Å². The molecule has 0 N–H and O–H groups in total. The van der Waals surface area contributed by atoms with Gasteiger partial charge in [-0.25, -0.2) is 0 Å². The van der Waals surface area contributed by atoms with Gasteiger partial charge in [0.1, 0.15) is 6.29 Å². The molecule has 0 unspecified atom stereocenters. The summed E-state index contributed by atoms with van der Waals surface area (Å²) < 4.78 is 0. The fourth-order valence-corrected chi connectivity index (χ4v) is 1.87. The van der Waals surface area contributed by atoms with Crippen LogP contribution in [0.1, 0.15) is 54.9 Å². The maximum Gasteiger partial charge on any atom is 0.150 e. The van der Waals surface area contributed by atoms with Gasteiger partial charge in [-0.15, -0.1) is 0 Å². The third-order valence-electron chi connectivity index (χ3n) is 2.93. The predicted octanol–water partition coefficient (Wildman–Crippen LogP) is 4.05. The van der Waals surface area contributed by atoms with Crippen LogP contribution in [0.15, 0.2) is 29.8 Å². The number of hydrogen-bond donors (Lipinski definition) is 0. The van der Waals surface area contributed by atoms with E-state index in [-0.39, 0.29) is 0 Å². The first-order valence-electron chi connectivity index (χ1n) is 6.51. The molecule has 1 aromatic carbocycles. The van der Waals surface area contributed by atoms with Crippen LogP contribution in [0.25, 0.3) is 6.08 Å². The fraction of sp³-hybridized carbons (Fsp3) is 0.375. The highest BCUT2D eigenvalue weighted by Gasteiger charge is 2.01. The van der Waals surface area contributed by atoms with Gasteiger partial charge >= 0.3 is 0 Å². The predicted molar refractivity (Wildman–Crippen MR) is 74.6 cm³/mol. The second-order valence-electron chi connectivity index (χ2n) is 4.39. The van der Waals surface area contributed by atoms with Crippen molar-refractivity contribution in [2.75, 3.05) is 0 Å². The van der Waals surface area contributed by atoms with E-state index in [2.05, 4.69) is 6.92 Å². The number of carbonyl (C=O) groups excluding carboxylic acids is 2. The van der Waals surface area contributed by atoms with E-state index in [4.69, 9.17) is 0 Å². The molecule has 18 heavy (non-hydrogen) atoms. The Morgan fingerprint density at radius 3 is 2.39 bits per heavy atom. The molecule has 0 aliphatic carbocycles. The molecule has 0 spiro atoms. The number of unbranched alkanes of at least 4 members (excludes halogenated alkanes) is 3. The summed E-state index contributed by atoms with van der Waals surface area (Å²) in [7, 11) is 0. The van der Waals surface area contributed by atoms with E-state index in [0.29, 0.717) is 5.56 Å². The maximum atomic E-state index is 11.0. The van der Waals surface area contributed by atoms with Crippen molar-refractivity contribution in [2.24, 2.45) is 0 Å². The van der Waals surface area contributed by atoms with Crippen molar-refractivity contribution in [1.82, 2.24) is 0 Å². The molecule has 0 heterocycles. The van der Waals surface area contributed by atoms with Gasteiger partial charge in [-0.3, -0.25) is 9.59 Å². The fourth-order valence-electron chi connectivity index (χ4n) is 1.87. The normalized spacial score (nSPS) is 11.3. The number of hydrogen-bond acceptors (Lipinski definition) is 2. The lowest BCUT2D eigenvalue weighted by Crippen LogP contribution is -1.90. The molecule has 1 rings (SSSR count). The van der Waals surface area contributed by atoms with Crippen LogP contribution in [-0.4, -0.2) is 12.6 Å². The van der Waals surface area contributed by atoms with E-state index in [1.165, 1.54) is 12.8 Å². The molecule has 0 saturated carbocycles. The van der Waals surface area contributed by atoms with E-state index < -0.39 is 0 Å². The third kappa shape index (κ3) is 4.66. The minimum atomic E-state index is 0.630. The first kappa shape index (κ1) is 14.4. The summed E-state index contributed by atoms with van der Waals surface area (Å²) in [4.78, 5) is 21.9. The van der Waals surface area contributed by atoms with Gasteiger partial charge in [-0.2, -0.15) is 0 Å². The van der Waals surface area contributed by atoms with Crippen LogP contribution in [0, 0.1) is 0 Å². The van der Waals surface area contributed by atoms with Gasteiger partial charge < -0.3 is 0 Å². The molecule has 1 aromatic rings. The Bertz CT molecular complexity index is 419. The first-order valence-corrected chi connectivity index (χ1v) is 6.51. The molecular formula is C16H20O2. The van der Waals surface area contributed by atoms with Crippen LogP contribution in [0.5, 0.6) is 0 Å². The highest BCUT2D eigenvalue weighted by Crippen LogP contribution is 2.15. The van der Waals surface area contributed by atoms with Gasteiger partial charge in [-0.1, -0.05) is 50.5 Å². The summed E-state index contributed by atoms with van der Waals surface area (Å²) in [5, 5.41) is 0. The Morgan fingerprint density at radius 2 is 1.78 bits per heavy atom. The van der Waals surface area contributed by atoms with Gasteiger partial charge in [-0.05, 0) is 30.1 Å². The van der Waals surface area contributed by atoms with Crippen molar-refractivity contribution in [2.45, 2.75) is 39.0 Å². The Balaban J connectivity index is 2.71. The van der Waals surface area contributed by atoms with Crippen molar-refractivity contribution >= 4 is 18.6 Å². The molecule has 0 atom stereocenters. The first-order chi connectivity index (χ1) is 8.81. The Labute approximate surface area is 109 Å². The van der Waals surface area contributed by atoms with Crippen molar-refractivity contribution in [3.05, 3.63) is 41.0 Å². The summed E-state index contributed by atoms with van der Waals surface area (Å²) >= 11 is 0. The summed E-state index contributed by atoms with van der Waals surface area (Å²) in [6, 6.07) is 7.32. The summed E-state index contributed by atoms with van der Waals surface area (Å²) in [5.41, 5.74) is 2.22. The van der Waals surface area contributed by atoms with Crippen LogP contribution in [0.4, 0.5) is 0 Å². The SMILES string of the molecule is CCCCCCC(C=O)=Cc1ccccc1C=O. The Morgan fingerprint density at radius 1 is 1.06 bits per heavy atom. The molecule has 0 aliphatic heterocycles. The standard InChI is InChI=1S/C16H20O2/c1-2-3-4-5-8-14(12-17)11-15-9-6-7-10-16(15)13-18/h6-7,9-13H,2-5,8H2,1H3. The van der Waals surface area contributed by atoms with Gasteiger partial charge in [0.2, 0.25) is 0 Å². The van der Waals surface area contributed by atoms with Crippen LogP contribution in [0.2, 0.25) is 0 Å². The lowest BCUT2D eigenvalue weighted by molar-refractivity contribution is -0.105. The lowest BCUT2D eigenvalue weighted by Gasteiger charge is -2.02. The molecular weight excluding hydrogens is 224 g/mol. The summed E-state index contributed by atoms with van der Waals surface area (Å²) in [6.45, 7) is 2.16. The number of rotatable bonds is 8. The molecule has 0 radical (unpaired) electrons. The van der Waals surface area contributed by atoms with E-state index in [1.54, 1.807) is 6.07 Å². The zero-order chi connectivity index (χ0) is 13.2. The minimum Gasteiger partial charge on any atom is -0.298 e. The molecule has 2 heteroatoms. The highest BCUT2D eigenvalue weighted by molar-refractivity contribution is 5.87. The van der Waals surface area contributed by atoms with Crippen molar-refractivity contribution < 1.29 is 9.59 Å². The zero-order valence-corrected chi connectivity index (χ0v) is 10.9. The van der Waals surface area contributed by atoms with Gasteiger partial charge in [0.15, 0.2) is 6.29 Å². The topological polar surface area (TPSA) is 34.1 Å². The maximum absolute atomic E-state index is 11.0. The molecule has 96 valence electrons. The monoisotopic (exact) mass is 244 g/mol. The molecule has 0 bridgehead atoms. The molecule has 0 fully saturated rings.